The number of benzene rings is 1. The van der Waals surface area contributed by atoms with Crippen molar-refractivity contribution in [1.29, 1.82) is 0 Å². The molecule has 1 aromatic rings. The molecule has 1 unspecified atom stereocenters. The molecule has 0 saturated heterocycles. The third-order valence-electron chi connectivity index (χ3n) is 2.77. The van der Waals surface area contributed by atoms with Crippen LogP contribution in [0.2, 0.25) is 0 Å². The first-order chi connectivity index (χ1) is 9.25. The van der Waals surface area contributed by atoms with Crippen molar-refractivity contribution in [1.82, 2.24) is 5.32 Å². The summed E-state index contributed by atoms with van der Waals surface area (Å²) in [4.78, 5) is 11.6. The highest BCUT2D eigenvalue weighted by Gasteiger charge is 2.34. The summed E-state index contributed by atoms with van der Waals surface area (Å²) in [7, 11) is 0. The molecule has 0 aromatic heterocycles. The van der Waals surface area contributed by atoms with Crippen molar-refractivity contribution in [2.24, 2.45) is 0 Å². The number of hydrogen-bond acceptors (Lipinski definition) is 2. The minimum absolute atomic E-state index is 0.132. The van der Waals surface area contributed by atoms with Crippen LogP contribution in [0.1, 0.15) is 35.7 Å². The van der Waals surface area contributed by atoms with E-state index in [-0.39, 0.29) is 12.1 Å². The monoisotopic (exact) mass is 293 g/mol. The van der Waals surface area contributed by atoms with Crippen molar-refractivity contribution in [3.05, 3.63) is 35.1 Å². The molecule has 1 aromatic carbocycles. The Hall–Kier alpha value is -1.63. The summed E-state index contributed by atoms with van der Waals surface area (Å²) in [6.45, 7) is 1.90. The number of alkyl halides is 3. The molecule has 0 aliphatic rings. The van der Waals surface area contributed by atoms with E-state index in [1.807, 2.05) is 0 Å². The highest BCUT2D eigenvalue weighted by molar-refractivity contribution is 5.94. The lowest BCUT2D eigenvalue weighted by Crippen LogP contribution is -2.27. The van der Waals surface area contributed by atoms with Gasteiger partial charge in [0.2, 0.25) is 0 Å². The van der Waals surface area contributed by atoms with Gasteiger partial charge in [0.25, 0.3) is 5.91 Å². The molecule has 20 heavy (non-hydrogen) atoms. The van der Waals surface area contributed by atoms with E-state index in [9.17, 15) is 27.5 Å². The first kappa shape index (κ1) is 16.4. The van der Waals surface area contributed by atoms with E-state index in [1.165, 1.54) is 0 Å². The number of nitrogens with one attached hydrogen (secondary N) is 1. The van der Waals surface area contributed by atoms with Gasteiger partial charge in [-0.1, -0.05) is 6.92 Å². The standard InChI is InChI=1S/C13H15F4NO2/c1-2-9(19)5-6-18-12(20)8-3-4-11(14)10(7-8)13(15,16)17/h3-4,7,9,19H,2,5-6H2,1H3,(H,18,20). The van der Waals surface area contributed by atoms with E-state index >= 15 is 0 Å². The van der Waals surface area contributed by atoms with Gasteiger partial charge in [-0.3, -0.25) is 4.79 Å². The summed E-state index contributed by atoms with van der Waals surface area (Å²) >= 11 is 0. The van der Waals surface area contributed by atoms with Crippen LogP contribution in [0.5, 0.6) is 0 Å². The average Bonchev–Trinajstić information content (AvgIpc) is 2.37. The maximum absolute atomic E-state index is 13.0. The highest BCUT2D eigenvalue weighted by atomic mass is 19.4. The van der Waals surface area contributed by atoms with Crippen molar-refractivity contribution < 1.29 is 27.5 Å². The van der Waals surface area contributed by atoms with Gasteiger partial charge in [0.1, 0.15) is 5.82 Å². The highest BCUT2D eigenvalue weighted by Crippen LogP contribution is 2.31. The molecule has 1 amide bonds. The summed E-state index contributed by atoms with van der Waals surface area (Å²) in [6.07, 6.45) is -4.60. The normalized spacial score (nSPS) is 13.1. The Bertz CT molecular complexity index is 474. The van der Waals surface area contributed by atoms with Gasteiger partial charge in [0.05, 0.1) is 11.7 Å². The minimum atomic E-state index is -4.85. The number of carbonyl (C=O) groups is 1. The van der Waals surface area contributed by atoms with Crippen LogP contribution in [0.15, 0.2) is 18.2 Å². The summed E-state index contributed by atoms with van der Waals surface area (Å²) in [5.74, 6) is -2.16. The van der Waals surface area contributed by atoms with Crippen LogP contribution < -0.4 is 5.32 Å². The molecular formula is C13H15F4NO2. The number of amides is 1. The van der Waals surface area contributed by atoms with Crippen LogP contribution in [0.4, 0.5) is 17.6 Å². The van der Waals surface area contributed by atoms with Gasteiger partial charge in [-0.2, -0.15) is 13.2 Å². The zero-order chi connectivity index (χ0) is 15.3. The second-order valence-electron chi connectivity index (χ2n) is 4.30. The molecular weight excluding hydrogens is 278 g/mol. The zero-order valence-corrected chi connectivity index (χ0v) is 10.8. The summed E-state index contributed by atoms with van der Waals surface area (Å²) in [5.41, 5.74) is -1.75. The Kier molecular flexibility index (Phi) is 5.50. The largest absolute Gasteiger partial charge is 0.419 e. The zero-order valence-electron chi connectivity index (χ0n) is 10.8. The molecule has 0 aliphatic carbocycles. The predicted octanol–water partition coefficient (Wildman–Crippen LogP) is 2.74. The summed E-state index contributed by atoms with van der Waals surface area (Å²) < 4.78 is 50.5. The number of halogens is 4. The maximum atomic E-state index is 13.0. The number of carbonyl (C=O) groups excluding carboxylic acids is 1. The van der Waals surface area contributed by atoms with Gasteiger partial charge in [-0.15, -0.1) is 0 Å². The van der Waals surface area contributed by atoms with E-state index in [0.717, 1.165) is 6.07 Å². The van der Waals surface area contributed by atoms with Gasteiger partial charge in [-0.05, 0) is 31.0 Å². The van der Waals surface area contributed by atoms with Gasteiger partial charge in [-0.25, -0.2) is 4.39 Å². The lowest BCUT2D eigenvalue weighted by molar-refractivity contribution is -0.140. The molecule has 0 aliphatic heterocycles. The minimum Gasteiger partial charge on any atom is -0.393 e. The van der Waals surface area contributed by atoms with Gasteiger partial charge in [0.15, 0.2) is 0 Å². The lowest BCUT2D eigenvalue weighted by atomic mass is 10.1. The summed E-state index contributed by atoms with van der Waals surface area (Å²) in [6, 6.07) is 2.07. The number of aliphatic hydroxyl groups excluding tert-OH is 1. The van der Waals surface area contributed by atoms with Crippen LogP contribution in [0.25, 0.3) is 0 Å². The SMILES string of the molecule is CCC(O)CCNC(=O)c1ccc(F)c(C(F)(F)F)c1. The predicted molar refractivity (Wildman–Crippen MR) is 64.7 cm³/mol. The fourth-order valence-electron chi connectivity index (χ4n) is 1.54. The molecule has 7 heteroatoms. The third-order valence-corrected chi connectivity index (χ3v) is 2.77. The van der Waals surface area contributed by atoms with Gasteiger partial charge < -0.3 is 10.4 Å². The summed E-state index contributed by atoms with van der Waals surface area (Å²) in [5, 5.41) is 11.7. The Balaban J connectivity index is 2.74. The molecule has 0 bridgehead atoms. The van der Waals surface area contributed by atoms with Gasteiger partial charge >= 0.3 is 6.18 Å². The van der Waals surface area contributed by atoms with Crippen LogP contribution in [-0.4, -0.2) is 23.7 Å². The lowest BCUT2D eigenvalue weighted by Gasteiger charge is -2.11. The maximum Gasteiger partial charge on any atom is 0.419 e. The van der Waals surface area contributed by atoms with Crippen LogP contribution in [0, 0.1) is 5.82 Å². The first-order valence-electron chi connectivity index (χ1n) is 6.08. The van der Waals surface area contributed by atoms with Crippen molar-refractivity contribution in [2.75, 3.05) is 6.54 Å². The van der Waals surface area contributed by atoms with E-state index in [2.05, 4.69) is 5.32 Å². The van der Waals surface area contributed by atoms with Crippen molar-refractivity contribution in [3.8, 4) is 0 Å². The quantitative estimate of drug-likeness (QED) is 0.820. The van der Waals surface area contributed by atoms with Crippen molar-refractivity contribution >= 4 is 5.91 Å². The second kappa shape index (κ2) is 6.69. The molecule has 1 rings (SSSR count). The fraction of sp³-hybridized carbons (Fsp3) is 0.462. The fourth-order valence-corrected chi connectivity index (χ4v) is 1.54. The molecule has 0 fully saturated rings. The number of hydrogen-bond donors (Lipinski definition) is 2. The Morgan fingerprint density at radius 2 is 2.05 bits per heavy atom. The van der Waals surface area contributed by atoms with Crippen molar-refractivity contribution in [3.63, 3.8) is 0 Å². The third kappa shape index (κ3) is 4.48. The number of aliphatic hydroxyl groups is 1. The molecule has 0 spiro atoms. The van der Waals surface area contributed by atoms with E-state index < -0.39 is 29.6 Å². The molecule has 112 valence electrons. The Morgan fingerprint density at radius 1 is 1.40 bits per heavy atom. The molecule has 1 atom stereocenters. The van der Waals surface area contributed by atoms with Crippen LogP contribution in [-0.2, 0) is 6.18 Å². The second-order valence-corrected chi connectivity index (χ2v) is 4.30. The van der Waals surface area contributed by atoms with Gasteiger partial charge in [0, 0.05) is 12.1 Å². The van der Waals surface area contributed by atoms with E-state index in [0.29, 0.717) is 25.0 Å². The van der Waals surface area contributed by atoms with Crippen molar-refractivity contribution in [2.45, 2.75) is 32.0 Å². The molecule has 0 radical (unpaired) electrons. The van der Waals surface area contributed by atoms with Crippen LogP contribution in [0.3, 0.4) is 0 Å². The van der Waals surface area contributed by atoms with E-state index in [1.54, 1.807) is 6.92 Å². The topological polar surface area (TPSA) is 49.3 Å². The van der Waals surface area contributed by atoms with E-state index in [4.69, 9.17) is 0 Å². The smallest absolute Gasteiger partial charge is 0.393 e. The molecule has 0 saturated carbocycles. The number of rotatable bonds is 5. The average molecular weight is 293 g/mol. The molecule has 0 heterocycles. The molecule has 2 N–H and O–H groups in total. The van der Waals surface area contributed by atoms with Crippen LogP contribution >= 0.6 is 0 Å². The Morgan fingerprint density at radius 3 is 2.60 bits per heavy atom. The Labute approximate surface area is 113 Å². The first-order valence-corrected chi connectivity index (χ1v) is 6.08. The molecule has 3 nitrogen and oxygen atoms in total.